The molecule has 0 bridgehead atoms. The molecule has 2 aliphatic rings. The van der Waals surface area contributed by atoms with Crippen LogP contribution in [0.4, 0.5) is 0 Å². The van der Waals surface area contributed by atoms with E-state index in [0.717, 1.165) is 34.6 Å². The highest BCUT2D eigenvalue weighted by molar-refractivity contribution is 5.88. The molecule has 0 amide bonds. The molecule has 170 valence electrons. The highest BCUT2D eigenvalue weighted by Crippen LogP contribution is 2.43. The molecular weight excluding hydrogens is 414 g/mol. The number of aromatic hydroxyl groups is 2. The number of benzene rings is 3. The Hall–Kier alpha value is -3.44. The molecule has 1 unspecified atom stereocenters. The lowest BCUT2D eigenvalue weighted by Crippen LogP contribution is -2.33. The van der Waals surface area contributed by atoms with Gasteiger partial charge in [0.1, 0.15) is 35.7 Å². The fourth-order valence-corrected chi connectivity index (χ4v) is 4.53. The number of ether oxygens (including phenoxy) is 2. The number of hydrogen-bond acceptors (Lipinski definition) is 5. The number of phenols is 2. The Morgan fingerprint density at radius 2 is 1.58 bits per heavy atom. The van der Waals surface area contributed by atoms with Crippen LogP contribution in [0.1, 0.15) is 42.1 Å². The molecular formula is C28H29NO4. The molecule has 1 fully saturated rings. The van der Waals surface area contributed by atoms with Crippen LogP contribution in [0.3, 0.4) is 0 Å². The van der Waals surface area contributed by atoms with Gasteiger partial charge >= 0.3 is 0 Å². The maximum absolute atomic E-state index is 9.92. The van der Waals surface area contributed by atoms with Crippen molar-refractivity contribution in [2.75, 3.05) is 26.2 Å². The van der Waals surface area contributed by atoms with E-state index in [-0.39, 0.29) is 17.6 Å². The fourth-order valence-electron chi connectivity index (χ4n) is 4.53. The molecule has 33 heavy (non-hydrogen) atoms. The molecule has 3 aromatic carbocycles. The van der Waals surface area contributed by atoms with Crippen molar-refractivity contribution in [3.05, 3.63) is 83.4 Å². The summed E-state index contributed by atoms with van der Waals surface area (Å²) in [7, 11) is 0. The van der Waals surface area contributed by atoms with Crippen LogP contribution in [0.2, 0.25) is 0 Å². The molecule has 1 atom stereocenters. The van der Waals surface area contributed by atoms with E-state index in [1.807, 2.05) is 42.5 Å². The van der Waals surface area contributed by atoms with Gasteiger partial charge in [-0.1, -0.05) is 30.7 Å². The summed E-state index contributed by atoms with van der Waals surface area (Å²) in [6.07, 6.45) is 5.65. The van der Waals surface area contributed by atoms with E-state index >= 15 is 0 Å². The van der Waals surface area contributed by atoms with Crippen LogP contribution in [-0.2, 0) is 0 Å². The SMILES string of the molecule is Oc1ccc(C2=Cc3ccc(O)cc3OC2c2ccc(OCCN3CCCCC3)cc2)cc1. The maximum atomic E-state index is 9.92. The molecule has 3 aromatic rings. The van der Waals surface area contributed by atoms with E-state index in [0.29, 0.717) is 12.4 Å². The zero-order valence-electron chi connectivity index (χ0n) is 18.6. The van der Waals surface area contributed by atoms with Crippen LogP contribution in [0.5, 0.6) is 23.0 Å². The topological polar surface area (TPSA) is 62.2 Å². The van der Waals surface area contributed by atoms with Crippen LogP contribution in [0.15, 0.2) is 66.7 Å². The van der Waals surface area contributed by atoms with Crippen molar-refractivity contribution in [3.8, 4) is 23.0 Å². The first kappa shape index (κ1) is 21.4. The van der Waals surface area contributed by atoms with E-state index in [2.05, 4.69) is 11.0 Å². The standard InChI is InChI=1S/C28H29NO4/c30-23-9-4-20(5-10-23)26-18-22-6-11-24(31)19-27(22)33-28(26)21-7-12-25(13-8-21)32-17-16-29-14-2-1-3-15-29/h4-13,18-19,28,30-31H,1-3,14-17H2. The van der Waals surface area contributed by atoms with Crippen molar-refractivity contribution >= 4 is 11.6 Å². The second kappa shape index (κ2) is 9.59. The summed E-state index contributed by atoms with van der Waals surface area (Å²) in [5, 5.41) is 19.6. The average molecular weight is 444 g/mol. The Kier molecular flexibility index (Phi) is 6.22. The molecule has 1 saturated heterocycles. The van der Waals surface area contributed by atoms with Gasteiger partial charge in [-0.2, -0.15) is 0 Å². The van der Waals surface area contributed by atoms with Crippen LogP contribution < -0.4 is 9.47 Å². The summed E-state index contributed by atoms with van der Waals surface area (Å²) >= 11 is 0. The molecule has 2 heterocycles. The minimum absolute atomic E-state index is 0.173. The number of piperidine rings is 1. The Labute approximate surface area is 194 Å². The van der Waals surface area contributed by atoms with Crippen LogP contribution >= 0.6 is 0 Å². The maximum Gasteiger partial charge on any atom is 0.149 e. The largest absolute Gasteiger partial charge is 0.508 e. The van der Waals surface area contributed by atoms with Crippen LogP contribution in [-0.4, -0.2) is 41.4 Å². The van der Waals surface area contributed by atoms with Gasteiger partial charge in [-0.3, -0.25) is 4.90 Å². The first-order chi connectivity index (χ1) is 16.2. The molecule has 5 heteroatoms. The van der Waals surface area contributed by atoms with E-state index in [1.54, 1.807) is 24.3 Å². The smallest absolute Gasteiger partial charge is 0.149 e. The number of hydrogen-bond donors (Lipinski definition) is 2. The monoisotopic (exact) mass is 443 g/mol. The lowest BCUT2D eigenvalue weighted by molar-refractivity contribution is 0.183. The molecule has 2 N–H and O–H groups in total. The summed E-state index contributed by atoms with van der Waals surface area (Å²) in [4.78, 5) is 2.47. The molecule has 0 aliphatic carbocycles. The van der Waals surface area contributed by atoms with Gasteiger partial charge in [0.2, 0.25) is 0 Å². The Bertz CT molecular complexity index is 1120. The minimum Gasteiger partial charge on any atom is -0.508 e. The predicted octanol–water partition coefficient (Wildman–Crippen LogP) is 5.64. The molecule has 0 aromatic heterocycles. The second-order valence-electron chi connectivity index (χ2n) is 8.69. The predicted molar refractivity (Wildman–Crippen MR) is 130 cm³/mol. The lowest BCUT2D eigenvalue weighted by Gasteiger charge is -2.28. The van der Waals surface area contributed by atoms with Crippen molar-refractivity contribution in [3.63, 3.8) is 0 Å². The third kappa shape index (κ3) is 4.99. The highest BCUT2D eigenvalue weighted by atomic mass is 16.5. The molecule has 5 rings (SSSR count). The van der Waals surface area contributed by atoms with Gasteiger partial charge in [-0.15, -0.1) is 0 Å². The van der Waals surface area contributed by atoms with Gasteiger partial charge in [0.25, 0.3) is 0 Å². The number of phenolic OH excluding ortho intramolecular Hbond substituents is 2. The van der Waals surface area contributed by atoms with E-state index in [4.69, 9.17) is 9.47 Å². The first-order valence-corrected chi connectivity index (χ1v) is 11.6. The molecule has 5 nitrogen and oxygen atoms in total. The van der Waals surface area contributed by atoms with Crippen molar-refractivity contribution in [1.82, 2.24) is 4.90 Å². The van der Waals surface area contributed by atoms with Gasteiger partial charge < -0.3 is 19.7 Å². The van der Waals surface area contributed by atoms with Gasteiger partial charge in [-0.05, 0) is 79.5 Å². The Morgan fingerprint density at radius 3 is 2.33 bits per heavy atom. The summed E-state index contributed by atoms with van der Waals surface area (Å²) in [5.41, 5.74) is 3.86. The second-order valence-corrected chi connectivity index (χ2v) is 8.69. The van der Waals surface area contributed by atoms with Crippen molar-refractivity contribution in [1.29, 1.82) is 0 Å². The van der Waals surface area contributed by atoms with E-state index in [1.165, 1.54) is 32.4 Å². The Balaban J connectivity index is 1.35. The number of fused-ring (bicyclic) bond motifs is 1. The average Bonchev–Trinajstić information content (AvgIpc) is 2.85. The summed E-state index contributed by atoms with van der Waals surface area (Å²) in [6, 6.07) is 20.3. The molecule has 2 aliphatic heterocycles. The lowest BCUT2D eigenvalue weighted by atomic mass is 9.91. The number of likely N-dealkylation sites (tertiary alicyclic amines) is 1. The molecule has 0 spiro atoms. The zero-order chi connectivity index (χ0) is 22.6. The van der Waals surface area contributed by atoms with E-state index in [9.17, 15) is 10.2 Å². The van der Waals surface area contributed by atoms with Gasteiger partial charge in [0, 0.05) is 23.7 Å². The van der Waals surface area contributed by atoms with Gasteiger partial charge in [-0.25, -0.2) is 0 Å². The van der Waals surface area contributed by atoms with Crippen LogP contribution in [0.25, 0.3) is 11.6 Å². The summed E-state index contributed by atoms with van der Waals surface area (Å²) in [6.45, 7) is 3.99. The number of nitrogens with zero attached hydrogens (tertiary/aromatic N) is 1. The van der Waals surface area contributed by atoms with Crippen molar-refractivity contribution in [2.24, 2.45) is 0 Å². The van der Waals surface area contributed by atoms with Crippen molar-refractivity contribution in [2.45, 2.75) is 25.4 Å². The Morgan fingerprint density at radius 1 is 0.848 bits per heavy atom. The first-order valence-electron chi connectivity index (χ1n) is 11.6. The summed E-state index contributed by atoms with van der Waals surface area (Å²) < 4.78 is 12.3. The molecule has 0 radical (unpaired) electrons. The quantitative estimate of drug-likeness (QED) is 0.516. The van der Waals surface area contributed by atoms with Crippen LogP contribution in [0, 0.1) is 0 Å². The zero-order valence-corrected chi connectivity index (χ0v) is 18.6. The molecule has 0 saturated carbocycles. The van der Waals surface area contributed by atoms with Crippen molar-refractivity contribution < 1.29 is 19.7 Å². The number of rotatable bonds is 6. The minimum atomic E-state index is -0.341. The fraction of sp³-hybridized carbons (Fsp3) is 0.286. The van der Waals surface area contributed by atoms with Gasteiger partial charge in [0.15, 0.2) is 0 Å². The highest BCUT2D eigenvalue weighted by Gasteiger charge is 2.26. The van der Waals surface area contributed by atoms with Gasteiger partial charge in [0.05, 0.1) is 0 Å². The third-order valence-electron chi connectivity index (χ3n) is 6.34. The third-order valence-corrected chi connectivity index (χ3v) is 6.34. The summed E-state index contributed by atoms with van der Waals surface area (Å²) in [5.74, 6) is 1.89. The normalized spacial score (nSPS) is 18.2. The van der Waals surface area contributed by atoms with E-state index < -0.39 is 0 Å².